The van der Waals surface area contributed by atoms with Crippen LogP contribution < -0.4 is 10.6 Å². The molecule has 0 aromatic carbocycles. The van der Waals surface area contributed by atoms with Crippen LogP contribution in [0.3, 0.4) is 0 Å². The number of nitrogens with two attached hydrogens (primary N) is 1. The molecule has 0 radical (unpaired) electrons. The summed E-state index contributed by atoms with van der Waals surface area (Å²) in [4.78, 5) is 16.1. The summed E-state index contributed by atoms with van der Waals surface area (Å²) in [7, 11) is 1.50. The number of aromatic nitrogens is 1. The van der Waals surface area contributed by atoms with Crippen molar-refractivity contribution in [3.63, 3.8) is 0 Å². The minimum Gasteiger partial charge on any atom is -0.409 e. The van der Waals surface area contributed by atoms with E-state index in [9.17, 15) is 10.1 Å². The summed E-state index contributed by atoms with van der Waals surface area (Å²) < 4.78 is 4.93. The SMILES string of the molecule is COCCN(CCO)c1ncc(C(N)=NO)cc1[N+](=O)[O-]. The lowest BCUT2D eigenvalue weighted by atomic mass is 10.2. The van der Waals surface area contributed by atoms with Crippen LogP contribution in [0.4, 0.5) is 11.5 Å². The highest BCUT2D eigenvalue weighted by Gasteiger charge is 2.22. The second-order valence-corrected chi connectivity index (χ2v) is 4.01. The minimum atomic E-state index is -0.617. The normalized spacial score (nSPS) is 11.4. The van der Waals surface area contributed by atoms with Crippen molar-refractivity contribution < 1.29 is 20.0 Å². The fourth-order valence-corrected chi connectivity index (χ4v) is 1.67. The monoisotopic (exact) mass is 299 g/mol. The standard InChI is InChI=1S/C11H17N5O5/c1-21-5-3-15(2-4-17)11-9(16(19)20)6-8(7-13-11)10(12)14-18/h6-7,17-18H,2-5H2,1H3,(H2,12,14). The van der Waals surface area contributed by atoms with Gasteiger partial charge >= 0.3 is 5.69 Å². The van der Waals surface area contributed by atoms with E-state index >= 15 is 0 Å². The Morgan fingerprint density at radius 2 is 2.33 bits per heavy atom. The number of aliphatic hydroxyl groups excluding tert-OH is 1. The zero-order valence-corrected chi connectivity index (χ0v) is 11.5. The number of ether oxygens (including phenoxy) is 1. The van der Waals surface area contributed by atoms with Crippen molar-refractivity contribution in [1.29, 1.82) is 0 Å². The number of rotatable bonds is 8. The molecule has 0 bridgehead atoms. The molecule has 0 saturated carbocycles. The predicted octanol–water partition coefficient (Wildman–Crippen LogP) is -0.471. The maximum absolute atomic E-state index is 11.2. The number of amidine groups is 1. The average Bonchev–Trinajstić information content (AvgIpc) is 2.50. The van der Waals surface area contributed by atoms with Gasteiger partial charge in [-0.05, 0) is 0 Å². The largest absolute Gasteiger partial charge is 0.409 e. The predicted molar refractivity (Wildman–Crippen MR) is 74.6 cm³/mol. The Balaban J connectivity index is 3.22. The molecule has 0 atom stereocenters. The number of methoxy groups -OCH3 is 1. The molecule has 1 heterocycles. The van der Waals surface area contributed by atoms with Gasteiger partial charge in [-0.15, -0.1) is 0 Å². The van der Waals surface area contributed by atoms with Crippen molar-refractivity contribution in [2.75, 3.05) is 38.3 Å². The van der Waals surface area contributed by atoms with Gasteiger partial charge in [-0.1, -0.05) is 5.16 Å². The Bertz CT molecular complexity index is 522. The van der Waals surface area contributed by atoms with E-state index in [2.05, 4.69) is 10.1 Å². The van der Waals surface area contributed by atoms with E-state index < -0.39 is 4.92 Å². The molecule has 0 saturated heterocycles. The van der Waals surface area contributed by atoms with Gasteiger partial charge in [-0.2, -0.15) is 0 Å². The summed E-state index contributed by atoms with van der Waals surface area (Å²) in [5, 5.41) is 31.6. The quantitative estimate of drug-likeness (QED) is 0.192. The topological polar surface area (TPSA) is 147 Å². The highest BCUT2D eigenvalue weighted by Crippen LogP contribution is 2.26. The molecule has 0 spiro atoms. The summed E-state index contributed by atoms with van der Waals surface area (Å²) in [6.07, 6.45) is 1.26. The summed E-state index contributed by atoms with van der Waals surface area (Å²) in [6.45, 7) is 0.624. The van der Waals surface area contributed by atoms with Gasteiger partial charge in [-0.3, -0.25) is 10.1 Å². The molecular weight excluding hydrogens is 282 g/mol. The maximum atomic E-state index is 11.2. The van der Waals surface area contributed by atoms with E-state index in [0.29, 0.717) is 13.2 Å². The third kappa shape index (κ3) is 4.26. The Morgan fingerprint density at radius 1 is 1.62 bits per heavy atom. The van der Waals surface area contributed by atoms with Gasteiger partial charge in [0.2, 0.25) is 5.82 Å². The van der Waals surface area contributed by atoms with Crippen molar-refractivity contribution >= 4 is 17.3 Å². The first-order chi connectivity index (χ1) is 10.0. The number of hydrogen-bond donors (Lipinski definition) is 3. The van der Waals surface area contributed by atoms with Gasteiger partial charge in [0.15, 0.2) is 5.84 Å². The first-order valence-electron chi connectivity index (χ1n) is 6.02. The van der Waals surface area contributed by atoms with Crippen LogP contribution in [0.15, 0.2) is 17.4 Å². The number of nitro groups is 1. The van der Waals surface area contributed by atoms with Crippen molar-refractivity contribution in [1.82, 2.24) is 4.98 Å². The second-order valence-electron chi connectivity index (χ2n) is 4.01. The molecule has 0 aliphatic heterocycles. The van der Waals surface area contributed by atoms with Crippen molar-refractivity contribution in [3.8, 4) is 0 Å². The zero-order valence-electron chi connectivity index (χ0n) is 11.5. The lowest BCUT2D eigenvalue weighted by Crippen LogP contribution is -2.31. The van der Waals surface area contributed by atoms with E-state index in [1.807, 2.05) is 0 Å². The van der Waals surface area contributed by atoms with E-state index in [1.165, 1.54) is 18.2 Å². The van der Waals surface area contributed by atoms with Crippen LogP contribution in [0.25, 0.3) is 0 Å². The summed E-state index contributed by atoms with van der Waals surface area (Å²) in [6, 6.07) is 1.16. The second kappa shape index (κ2) is 7.97. The molecule has 0 unspecified atom stereocenters. The fourth-order valence-electron chi connectivity index (χ4n) is 1.67. The molecule has 116 valence electrons. The fraction of sp³-hybridized carbons (Fsp3) is 0.455. The van der Waals surface area contributed by atoms with Crippen LogP contribution in [-0.4, -0.2) is 59.5 Å². The molecule has 0 aliphatic rings. The molecule has 1 aromatic rings. The Labute approximate surface area is 120 Å². The summed E-state index contributed by atoms with van der Waals surface area (Å²) >= 11 is 0. The van der Waals surface area contributed by atoms with E-state index in [-0.39, 0.29) is 36.1 Å². The van der Waals surface area contributed by atoms with E-state index in [1.54, 1.807) is 0 Å². The number of oxime groups is 1. The number of anilines is 1. The van der Waals surface area contributed by atoms with Crippen LogP contribution in [-0.2, 0) is 4.74 Å². The molecule has 10 nitrogen and oxygen atoms in total. The van der Waals surface area contributed by atoms with Gasteiger partial charge in [0.25, 0.3) is 0 Å². The van der Waals surface area contributed by atoms with Crippen LogP contribution >= 0.6 is 0 Å². The smallest absolute Gasteiger partial charge is 0.312 e. The van der Waals surface area contributed by atoms with Crippen molar-refractivity contribution in [2.45, 2.75) is 0 Å². The zero-order chi connectivity index (χ0) is 15.8. The lowest BCUT2D eigenvalue weighted by Gasteiger charge is -2.22. The highest BCUT2D eigenvalue weighted by atomic mass is 16.6. The maximum Gasteiger partial charge on any atom is 0.312 e. The van der Waals surface area contributed by atoms with E-state index in [0.717, 1.165) is 6.07 Å². The van der Waals surface area contributed by atoms with Gasteiger partial charge in [0.05, 0.1) is 18.1 Å². The molecule has 0 fully saturated rings. The Morgan fingerprint density at radius 3 is 2.86 bits per heavy atom. The summed E-state index contributed by atoms with van der Waals surface area (Å²) in [5.74, 6) is -0.191. The first-order valence-corrected chi connectivity index (χ1v) is 6.02. The highest BCUT2D eigenvalue weighted by molar-refractivity contribution is 5.97. The molecule has 1 aromatic heterocycles. The van der Waals surface area contributed by atoms with Crippen LogP contribution in [0.2, 0.25) is 0 Å². The van der Waals surface area contributed by atoms with Gasteiger partial charge in [0, 0.05) is 38.0 Å². The molecule has 10 heteroatoms. The molecule has 0 amide bonds. The molecule has 4 N–H and O–H groups in total. The van der Waals surface area contributed by atoms with Crippen LogP contribution in [0, 0.1) is 10.1 Å². The molecular formula is C11H17N5O5. The average molecular weight is 299 g/mol. The van der Waals surface area contributed by atoms with Gasteiger partial charge in [-0.25, -0.2) is 4.98 Å². The molecule has 21 heavy (non-hydrogen) atoms. The minimum absolute atomic E-state index is 0.0839. The number of aliphatic hydroxyl groups is 1. The number of pyridine rings is 1. The summed E-state index contributed by atoms with van der Waals surface area (Å²) in [5.41, 5.74) is 5.22. The third-order valence-corrected chi connectivity index (χ3v) is 2.68. The van der Waals surface area contributed by atoms with Crippen LogP contribution in [0.5, 0.6) is 0 Å². The van der Waals surface area contributed by atoms with Gasteiger partial charge < -0.3 is 25.7 Å². The first kappa shape index (κ1) is 16.6. The third-order valence-electron chi connectivity index (χ3n) is 2.68. The van der Waals surface area contributed by atoms with Crippen molar-refractivity contribution in [2.24, 2.45) is 10.9 Å². The van der Waals surface area contributed by atoms with Crippen molar-refractivity contribution in [3.05, 3.63) is 27.9 Å². The Kier molecular flexibility index (Phi) is 6.30. The number of hydrogen-bond acceptors (Lipinski definition) is 8. The van der Waals surface area contributed by atoms with Crippen LogP contribution in [0.1, 0.15) is 5.56 Å². The number of nitrogens with zero attached hydrogens (tertiary/aromatic N) is 4. The lowest BCUT2D eigenvalue weighted by molar-refractivity contribution is -0.384. The molecule has 0 aliphatic carbocycles. The molecule has 1 rings (SSSR count). The van der Waals surface area contributed by atoms with Gasteiger partial charge in [0.1, 0.15) is 0 Å². The Hall–Kier alpha value is -2.46. The van der Waals surface area contributed by atoms with E-state index in [4.69, 9.17) is 20.8 Å².